The summed E-state index contributed by atoms with van der Waals surface area (Å²) >= 11 is 0. The molecule has 1 atom stereocenters. The zero-order valence-electron chi connectivity index (χ0n) is 9.85. The summed E-state index contributed by atoms with van der Waals surface area (Å²) < 4.78 is 5.32. The topological polar surface area (TPSA) is 70.8 Å². The second kappa shape index (κ2) is 3.85. The van der Waals surface area contributed by atoms with Crippen molar-refractivity contribution in [3.63, 3.8) is 0 Å². The van der Waals surface area contributed by atoms with E-state index < -0.39 is 18.0 Å². The molecule has 5 nitrogen and oxygen atoms in total. The number of furan rings is 1. The van der Waals surface area contributed by atoms with Gasteiger partial charge in [0.2, 0.25) is 0 Å². The van der Waals surface area contributed by atoms with Crippen molar-refractivity contribution in [1.82, 2.24) is 4.90 Å². The van der Waals surface area contributed by atoms with E-state index in [1.807, 2.05) is 0 Å². The van der Waals surface area contributed by atoms with E-state index in [1.165, 1.54) is 13.0 Å². The summed E-state index contributed by atoms with van der Waals surface area (Å²) in [7, 11) is 0. The van der Waals surface area contributed by atoms with Gasteiger partial charge in [-0.1, -0.05) is 0 Å². The maximum atomic E-state index is 12.0. The molecule has 0 radical (unpaired) electrons. The van der Waals surface area contributed by atoms with E-state index in [9.17, 15) is 14.7 Å². The predicted octanol–water partition coefficient (Wildman–Crippen LogP) is 0.987. The van der Waals surface area contributed by atoms with E-state index in [2.05, 4.69) is 0 Å². The van der Waals surface area contributed by atoms with Crippen LogP contribution in [0.2, 0.25) is 0 Å². The highest BCUT2D eigenvalue weighted by atomic mass is 16.3. The highest BCUT2D eigenvalue weighted by Crippen LogP contribution is 2.28. The van der Waals surface area contributed by atoms with Crippen LogP contribution in [0.4, 0.5) is 0 Å². The molecular weight excluding hydrogens is 222 g/mol. The van der Waals surface area contributed by atoms with E-state index in [-0.39, 0.29) is 5.57 Å². The molecule has 1 aliphatic heterocycles. The van der Waals surface area contributed by atoms with Crippen molar-refractivity contribution < 1.29 is 19.1 Å². The molecular formula is C12H13NO4. The summed E-state index contributed by atoms with van der Waals surface area (Å²) in [5.41, 5.74) is 0.870. The van der Waals surface area contributed by atoms with Gasteiger partial charge in [-0.15, -0.1) is 0 Å². The third-order valence-electron chi connectivity index (χ3n) is 2.66. The number of aliphatic hydroxyl groups is 1. The van der Waals surface area contributed by atoms with Gasteiger partial charge in [0.05, 0.1) is 5.57 Å². The normalized spacial score (nSPS) is 17.6. The van der Waals surface area contributed by atoms with Gasteiger partial charge >= 0.3 is 0 Å². The molecule has 90 valence electrons. The number of hydrogen-bond acceptors (Lipinski definition) is 4. The van der Waals surface area contributed by atoms with Gasteiger partial charge in [-0.2, -0.15) is 0 Å². The smallest absolute Gasteiger partial charge is 0.263 e. The first-order valence-electron chi connectivity index (χ1n) is 5.26. The van der Waals surface area contributed by atoms with E-state index in [0.717, 1.165) is 4.90 Å². The quantitative estimate of drug-likeness (QED) is 0.776. The fraction of sp³-hybridized carbons (Fsp3) is 0.333. The standard InChI is InChI=1S/C12H13NO4/c1-6-4-9(7(2)17-6)10-5-11(15)13(8(3)14)12(10)16/h4-5,8,14H,1-3H3. The van der Waals surface area contributed by atoms with Crippen LogP contribution in [0.5, 0.6) is 0 Å². The first-order valence-corrected chi connectivity index (χ1v) is 5.26. The fourth-order valence-electron chi connectivity index (χ4n) is 1.93. The monoisotopic (exact) mass is 235 g/mol. The molecule has 2 heterocycles. The van der Waals surface area contributed by atoms with Crippen molar-refractivity contribution in [3.8, 4) is 0 Å². The molecule has 2 amide bonds. The molecule has 0 aliphatic carbocycles. The Morgan fingerprint density at radius 3 is 2.41 bits per heavy atom. The minimum atomic E-state index is -1.13. The van der Waals surface area contributed by atoms with Gasteiger partial charge in [0.25, 0.3) is 11.8 Å². The molecule has 1 aromatic heterocycles. The lowest BCUT2D eigenvalue weighted by molar-refractivity contribution is -0.145. The number of carbonyl (C=O) groups excluding carboxylic acids is 2. The molecule has 5 heteroatoms. The molecule has 17 heavy (non-hydrogen) atoms. The summed E-state index contributed by atoms with van der Waals surface area (Å²) in [5, 5.41) is 9.36. The second-order valence-corrected chi connectivity index (χ2v) is 4.03. The lowest BCUT2D eigenvalue weighted by Crippen LogP contribution is -2.38. The molecule has 0 saturated heterocycles. The van der Waals surface area contributed by atoms with Crippen LogP contribution >= 0.6 is 0 Å². The minimum Gasteiger partial charge on any atom is -0.466 e. The maximum absolute atomic E-state index is 12.0. The van der Waals surface area contributed by atoms with Crippen molar-refractivity contribution >= 4 is 17.4 Å². The summed E-state index contributed by atoms with van der Waals surface area (Å²) in [6.45, 7) is 4.87. The molecule has 0 aromatic carbocycles. The first kappa shape index (κ1) is 11.6. The summed E-state index contributed by atoms with van der Waals surface area (Å²) in [5.74, 6) is 0.267. The lowest BCUT2D eigenvalue weighted by atomic mass is 10.1. The number of amides is 2. The van der Waals surface area contributed by atoms with Gasteiger partial charge < -0.3 is 9.52 Å². The predicted molar refractivity (Wildman–Crippen MR) is 59.7 cm³/mol. The third-order valence-corrected chi connectivity index (χ3v) is 2.66. The van der Waals surface area contributed by atoms with Crippen molar-refractivity contribution in [3.05, 3.63) is 29.2 Å². The zero-order chi connectivity index (χ0) is 12.7. The van der Waals surface area contributed by atoms with Crippen LogP contribution in [-0.2, 0) is 9.59 Å². The summed E-state index contributed by atoms with van der Waals surface area (Å²) in [6, 6.07) is 1.71. The van der Waals surface area contributed by atoms with Gasteiger partial charge in [-0.05, 0) is 26.8 Å². The highest BCUT2D eigenvalue weighted by molar-refractivity contribution is 6.33. The summed E-state index contributed by atoms with van der Waals surface area (Å²) in [6.07, 6.45) is 0.101. The second-order valence-electron chi connectivity index (χ2n) is 4.03. The molecule has 0 saturated carbocycles. The van der Waals surface area contributed by atoms with E-state index in [0.29, 0.717) is 17.1 Å². The van der Waals surface area contributed by atoms with Crippen LogP contribution in [0.1, 0.15) is 24.0 Å². The fourth-order valence-corrected chi connectivity index (χ4v) is 1.93. The SMILES string of the molecule is Cc1cc(C2=CC(=O)N(C(C)O)C2=O)c(C)o1. The van der Waals surface area contributed by atoms with Crippen LogP contribution in [0.3, 0.4) is 0 Å². The van der Waals surface area contributed by atoms with Gasteiger partial charge in [0.15, 0.2) is 0 Å². The van der Waals surface area contributed by atoms with Gasteiger partial charge in [-0.3, -0.25) is 9.59 Å². The Hall–Kier alpha value is -1.88. The number of rotatable bonds is 2. The van der Waals surface area contributed by atoms with Crippen LogP contribution in [0, 0.1) is 13.8 Å². The van der Waals surface area contributed by atoms with E-state index in [1.54, 1.807) is 19.9 Å². The molecule has 0 bridgehead atoms. The number of carbonyl (C=O) groups is 2. The minimum absolute atomic E-state index is 0.269. The van der Waals surface area contributed by atoms with Crippen LogP contribution in [0.15, 0.2) is 16.6 Å². The summed E-state index contributed by atoms with van der Waals surface area (Å²) in [4.78, 5) is 24.3. The average molecular weight is 235 g/mol. The average Bonchev–Trinajstić information content (AvgIpc) is 2.67. The Kier molecular flexibility index (Phi) is 2.63. The van der Waals surface area contributed by atoms with Crippen LogP contribution < -0.4 is 0 Å². The van der Waals surface area contributed by atoms with E-state index >= 15 is 0 Å². The van der Waals surface area contributed by atoms with Crippen molar-refractivity contribution in [2.45, 2.75) is 27.0 Å². The molecule has 1 N–H and O–H groups in total. The van der Waals surface area contributed by atoms with Gasteiger partial charge in [-0.25, -0.2) is 4.90 Å². The third kappa shape index (κ3) is 1.78. The van der Waals surface area contributed by atoms with Crippen LogP contribution in [0.25, 0.3) is 5.57 Å². The Balaban J connectivity index is 2.43. The Bertz CT molecular complexity index is 525. The number of aliphatic hydroxyl groups excluding tert-OH is 1. The highest BCUT2D eigenvalue weighted by Gasteiger charge is 2.35. The lowest BCUT2D eigenvalue weighted by Gasteiger charge is -2.17. The van der Waals surface area contributed by atoms with Gasteiger partial charge in [0.1, 0.15) is 17.7 Å². The van der Waals surface area contributed by atoms with Crippen molar-refractivity contribution in [2.75, 3.05) is 0 Å². The first-order chi connectivity index (χ1) is 7.91. The molecule has 1 aliphatic rings. The van der Waals surface area contributed by atoms with Gasteiger partial charge in [0, 0.05) is 11.6 Å². The number of aryl methyl sites for hydroxylation is 2. The number of nitrogens with zero attached hydrogens (tertiary/aromatic N) is 1. The Labute approximate surface area is 98.3 Å². The molecule has 1 unspecified atom stereocenters. The Morgan fingerprint density at radius 2 is 2.00 bits per heavy atom. The Morgan fingerprint density at radius 1 is 1.35 bits per heavy atom. The molecule has 0 fully saturated rings. The van der Waals surface area contributed by atoms with Crippen molar-refractivity contribution in [2.24, 2.45) is 0 Å². The molecule has 1 aromatic rings. The van der Waals surface area contributed by atoms with E-state index in [4.69, 9.17) is 4.42 Å². The maximum Gasteiger partial charge on any atom is 0.263 e. The molecule has 2 rings (SSSR count). The zero-order valence-corrected chi connectivity index (χ0v) is 9.85. The molecule has 0 spiro atoms. The largest absolute Gasteiger partial charge is 0.466 e. The number of imide groups is 1. The van der Waals surface area contributed by atoms with Crippen molar-refractivity contribution in [1.29, 1.82) is 0 Å². The number of hydrogen-bond donors (Lipinski definition) is 1. The van der Waals surface area contributed by atoms with Crippen LogP contribution in [-0.4, -0.2) is 28.0 Å².